The molecule has 1 aromatic heterocycles. The molecule has 2 rings (SSSR count). The third-order valence-electron chi connectivity index (χ3n) is 2.38. The van der Waals surface area contributed by atoms with E-state index in [0.29, 0.717) is 3.79 Å². The van der Waals surface area contributed by atoms with E-state index >= 15 is 0 Å². The molecular weight excluding hydrogens is 407 g/mol. The zero-order valence-electron chi connectivity index (χ0n) is 10.1. The van der Waals surface area contributed by atoms with Gasteiger partial charge < -0.3 is 5.73 Å². The zero-order valence-corrected chi connectivity index (χ0v) is 14.0. The first-order chi connectivity index (χ1) is 9.70. The number of hydrogen-bond donors (Lipinski definition) is 2. The molecule has 3 N–H and O–H groups in total. The molecule has 0 atom stereocenters. The molecule has 0 radical (unpaired) electrons. The van der Waals surface area contributed by atoms with E-state index in [9.17, 15) is 17.6 Å². The first kappa shape index (κ1) is 16.2. The molecule has 0 aliphatic rings. The van der Waals surface area contributed by atoms with Gasteiger partial charge in [-0.2, -0.15) is 0 Å². The Morgan fingerprint density at radius 3 is 2.57 bits per heavy atom. The number of hydrogen-bond acceptors (Lipinski definition) is 4. The fraction of sp³-hybridized carbons (Fsp3) is 0. The molecule has 1 amide bonds. The highest BCUT2D eigenvalue weighted by Crippen LogP contribution is 2.35. The fourth-order valence-electron chi connectivity index (χ4n) is 1.41. The van der Waals surface area contributed by atoms with Gasteiger partial charge in [-0.1, -0.05) is 11.6 Å². The summed E-state index contributed by atoms with van der Waals surface area (Å²) >= 11 is 9.75. The van der Waals surface area contributed by atoms with Crippen LogP contribution < -0.4 is 10.5 Å². The zero-order chi connectivity index (χ0) is 15.8. The van der Waals surface area contributed by atoms with Crippen LogP contribution >= 0.6 is 38.9 Å². The van der Waals surface area contributed by atoms with Crippen LogP contribution in [0.25, 0.3) is 0 Å². The first-order valence-electron chi connectivity index (χ1n) is 5.27. The van der Waals surface area contributed by atoms with Crippen LogP contribution in [-0.4, -0.2) is 14.3 Å². The molecule has 0 spiro atoms. The Morgan fingerprint density at radius 1 is 1.38 bits per heavy atom. The minimum Gasteiger partial charge on any atom is -0.366 e. The Morgan fingerprint density at radius 2 is 2.05 bits per heavy atom. The molecule has 2 aromatic rings. The van der Waals surface area contributed by atoms with Gasteiger partial charge in [0.05, 0.1) is 14.5 Å². The monoisotopic (exact) mass is 412 g/mol. The Hall–Kier alpha value is -1.16. The Bertz CT molecular complexity index is 803. The summed E-state index contributed by atoms with van der Waals surface area (Å²) in [5.41, 5.74) is 4.69. The number of sulfonamides is 1. The Balaban J connectivity index is 2.41. The van der Waals surface area contributed by atoms with Crippen LogP contribution in [0.1, 0.15) is 10.4 Å². The minimum absolute atomic E-state index is 0.0144. The number of carbonyl (C=O) groups is 1. The molecule has 1 aromatic carbocycles. The van der Waals surface area contributed by atoms with Gasteiger partial charge in [-0.15, -0.1) is 11.3 Å². The fourth-order valence-corrected chi connectivity index (χ4v) is 4.87. The van der Waals surface area contributed by atoms with E-state index in [2.05, 4.69) is 20.7 Å². The number of benzene rings is 1. The predicted molar refractivity (Wildman–Crippen MR) is 82.8 cm³/mol. The summed E-state index contributed by atoms with van der Waals surface area (Å²) in [5, 5.41) is 0.228. The van der Waals surface area contributed by atoms with Gasteiger partial charge in [-0.25, -0.2) is 12.8 Å². The van der Waals surface area contributed by atoms with E-state index in [1.807, 2.05) is 0 Å². The second-order valence-electron chi connectivity index (χ2n) is 3.85. The number of amides is 1. The summed E-state index contributed by atoms with van der Waals surface area (Å²) in [5.74, 6) is -1.62. The minimum atomic E-state index is -4.02. The molecule has 0 unspecified atom stereocenters. The van der Waals surface area contributed by atoms with Crippen molar-refractivity contribution in [2.75, 3.05) is 4.72 Å². The second-order valence-corrected chi connectivity index (χ2v) is 8.54. The van der Waals surface area contributed by atoms with Crippen LogP contribution in [0.5, 0.6) is 0 Å². The molecule has 112 valence electrons. The number of halogens is 3. The van der Waals surface area contributed by atoms with Crippen molar-refractivity contribution in [1.29, 1.82) is 0 Å². The lowest BCUT2D eigenvalue weighted by molar-refractivity contribution is 0.100. The van der Waals surface area contributed by atoms with Gasteiger partial charge in [0.15, 0.2) is 0 Å². The molecule has 0 fully saturated rings. The normalized spacial score (nSPS) is 11.4. The smallest absolute Gasteiger partial charge is 0.271 e. The average Bonchev–Trinajstić information content (AvgIpc) is 2.73. The SMILES string of the molecule is NC(=O)c1ccc(F)c(NS(=O)(=O)c2cc(Cl)c(Br)s2)c1. The van der Waals surface area contributed by atoms with E-state index < -0.39 is 21.7 Å². The van der Waals surface area contributed by atoms with Gasteiger partial charge >= 0.3 is 0 Å². The highest BCUT2D eigenvalue weighted by molar-refractivity contribution is 9.11. The molecule has 10 heteroatoms. The standard InChI is InChI=1S/C11H7BrClFN2O3S2/c12-10-6(13)4-9(20-10)21(18,19)16-8-3-5(11(15)17)1-2-7(8)14/h1-4,16H,(H2,15,17). The Labute approximate surface area is 137 Å². The number of anilines is 1. The number of nitrogens with two attached hydrogens (primary N) is 1. The third-order valence-corrected chi connectivity index (χ3v) is 6.70. The largest absolute Gasteiger partial charge is 0.366 e. The summed E-state index contributed by atoms with van der Waals surface area (Å²) < 4.78 is 40.3. The number of rotatable bonds is 4. The van der Waals surface area contributed by atoms with E-state index in [1.165, 1.54) is 6.07 Å². The van der Waals surface area contributed by atoms with E-state index in [0.717, 1.165) is 29.5 Å². The van der Waals surface area contributed by atoms with Crippen LogP contribution in [0.3, 0.4) is 0 Å². The van der Waals surface area contributed by atoms with Crippen molar-refractivity contribution < 1.29 is 17.6 Å². The van der Waals surface area contributed by atoms with E-state index in [1.54, 1.807) is 0 Å². The molecule has 21 heavy (non-hydrogen) atoms. The summed E-state index contributed by atoms with van der Waals surface area (Å²) in [6, 6.07) is 4.37. The van der Waals surface area contributed by atoms with Crippen LogP contribution in [0.15, 0.2) is 32.3 Å². The van der Waals surface area contributed by atoms with Crippen molar-refractivity contribution in [2.45, 2.75) is 4.21 Å². The molecule has 1 heterocycles. The molecule has 0 aliphatic heterocycles. The van der Waals surface area contributed by atoms with Gasteiger partial charge in [0, 0.05) is 5.56 Å². The summed E-state index contributed by atoms with van der Waals surface area (Å²) in [4.78, 5) is 11.0. The van der Waals surface area contributed by atoms with Crippen molar-refractivity contribution in [2.24, 2.45) is 5.73 Å². The second kappa shape index (κ2) is 5.91. The summed E-state index contributed by atoms with van der Waals surface area (Å²) in [7, 11) is -4.02. The molecule has 0 saturated carbocycles. The highest BCUT2D eigenvalue weighted by Gasteiger charge is 2.21. The molecule has 0 aliphatic carbocycles. The number of nitrogens with one attached hydrogen (secondary N) is 1. The van der Waals surface area contributed by atoms with E-state index in [4.69, 9.17) is 17.3 Å². The lowest BCUT2D eigenvalue weighted by atomic mass is 10.2. The maximum absolute atomic E-state index is 13.7. The molecular formula is C11H7BrClFN2O3S2. The quantitative estimate of drug-likeness (QED) is 0.806. The van der Waals surface area contributed by atoms with Crippen molar-refractivity contribution in [3.8, 4) is 0 Å². The third kappa shape index (κ3) is 3.54. The van der Waals surface area contributed by atoms with Gasteiger partial charge in [0.25, 0.3) is 10.0 Å². The maximum Gasteiger partial charge on any atom is 0.271 e. The van der Waals surface area contributed by atoms with Gasteiger partial charge in [-0.3, -0.25) is 9.52 Å². The van der Waals surface area contributed by atoms with Crippen LogP contribution in [0.2, 0.25) is 5.02 Å². The van der Waals surface area contributed by atoms with Crippen molar-refractivity contribution in [1.82, 2.24) is 0 Å². The van der Waals surface area contributed by atoms with Crippen molar-refractivity contribution in [3.05, 3.63) is 44.5 Å². The van der Waals surface area contributed by atoms with Gasteiger partial charge in [0.2, 0.25) is 5.91 Å². The number of primary amides is 1. The molecule has 0 bridgehead atoms. The molecule has 5 nitrogen and oxygen atoms in total. The lowest BCUT2D eigenvalue weighted by Gasteiger charge is -2.08. The predicted octanol–water partition coefficient (Wildman–Crippen LogP) is 3.20. The highest BCUT2D eigenvalue weighted by atomic mass is 79.9. The summed E-state index contributed by atoms with van der Waals surface area (Å²) in [6.07, 6.45) is 0. The van der Waals surface area contributed by atoms with Crippen LogP contribution in [-0.2, 0) is 10.0 Å². The van der Waals surface area contributed by atoms with E-state index in [-0.39, 0.29) is 20.5 Å². The molecule has 0 saturated heterocycles. The topological polar surface area (TPSA) is 89.3 Å². The van der Waals surface area contributed by atoms with Crippen molar-refractivity contribution >= 4 is 60.5 Å². The van der Waals surface area contributed by atoms with Crippen LogP contribution in [0, 0.1) is 5.82 Å². The van der Waals surface area contributed by atoms with Gasteiger partial charge in [0.1, 0.15) is 10.0 Å². The van der Waals surface area contributed by atoms with Gasteiger partial charge in [-0.05, 0) is 40.2 Å². The average molecular weight is 414 g/mol. The lowest BCUT2D eigenvalue weighted by Crippen LogP contribution is -2.15. The number of carbonyl (C=O) groups excluding carboxylic acids is 1. The summed E-state index contributed by atoms with van der Waals surface area (Å²) in [6.45, 7) is 0. The van der Waals surface area contributed by atoms with Crippen molar-refractivity contribution in [3.63, 3.8) is 0 Å². The first-order valence-corrected chi connectivity index (χ1v) is 8.75. The Kier molecular flexibility index (Phi) is 4.57. The van der Waals surface area contributed by atoms with Crippen LogP contribution in [0.4, 0.5) is 10.1 Å². The maximum atomic E-state index is 13.7. The number of thiophene rings is 1.